The molecular weight excluding hydrogens is 420 g/mol. The number of amides is 2. The number of rotatable bonds is 4. The van der Waals surface area contributed by atoms with Crippen molar-refractivity contribution in [1.29, 1.82) is 0 Å². The second-order valence-electron chi connectivity index (χ2n) is 8.84. The maximum absolute atomic E-state index is 12.7. The van der Waals surface area contributed by atoms with Gasteiger partial charge in [0.2, 0.25) is 11.9 Å². The maximum Gasteiger partial charge on any atom is 0.254 e. The zero-order chi connectivity index (χ0) is 22.8. The van der Waals surface area contributed by atoms with E-state index < -0.39 is 0 Å². The highest BCUT2D eigenvalue weighted by atomic mass is 16.5. The third-order valence-electron chi connectivity index (χ3n) is 6.78. The summed E-state index contributed by atoms with van der Waals surface area (Å²) in [4.78, 5) is 40.3. The van der Waals surface area contributed by atoms with Crippen molar-refractivity contribution in [2.75, 3.05) is 55.0 Å². The van der Waals surface area contributed by atoms with Crippen LogP contribution in [0.2, 0.25) is 0 Å². The molecule has 1 saturated heterocycles. The number of morpholine rings is 1. The van der Waals surface area contributed by atoms with Crippen molar-refractivity contribution >= 4 is 35.0 Å². The van der Waals surface area contributed by atoms with Crippen LogP contribution < -0.4 is 15.1 Å². The van der Waals surface area contributed by atoms with E-state index >= 15 is 0 Å². The Balaban J connectivity index is 1.36. The zero-order valence-corrected chi connectivity index (χ0v) is 19.0. The molecule has 5 rings (SSSR count). The van der Waals surface area contributed by atoms with Crippen molar-refractivity contribution in [2.45, 2.75) is 38.1 Å². The van der Waals surface area contributed by atoms with Gasteiger partial charge in [0.05, 0.1) is 19.4 Å². The number of anilines is 4. The van der Waals surface area contributed by atoms with E-state index in [-0.39, 0.29) is 11.8 Å². The number of aromatic nitrogens is 2. The lowest BCUT2D eigenvalue weighted by atomic mass is 10.1. The molecule has 2 amide bonds. The summed E-state index contributed by atoms with van der Waals surface area (Å²) >= 11 is 0. The van der Waals surface area contributed by atoms with E-state index in [1.165, 1.54) is 12.8 Å². The highest BCUT2D eigenvalue weighted by Crippen LogP contribution is 2.36. The van der Waals surface area contributed by atoms with E-state index in [4.69, 9.17) is 9.72 Å². The van der Waals surface area contributed by atoms with Crippen molar-refractivity contribution < 1.29 is 14.3 Å². The summed E-state index contributed by atoms with van der Waals surface area (Å²) in [5, 5.41) is 3.26. The molecule has 3 heterocycles. The van der Waals surface area contributed by atoms with Gasteiger partial charge in [-0.05, 0) is 37.1 Å². The molecule has 9 heteroatoms. The van der Waals surface area contributed by atoms with Crippen LogP contribution in [0.5, 0.6) is 0 Å². The van der Waals surface area contributed by atoms with E-state index in [2.05, 4.69) is 15.2 Å². The molecule has 0 atom stereocenters. The van der Waals surface area contributed by atoms with Crippen LogP contribution in [0.3, 0.4) is 0 Å². The summed E-state index contributed by atoms with van der Waals surface area (Å²) in [6.07, 6.45) is 6.89. The molecule has 0 radical (unpaired) electrons. The van der Waals surface area contributed by atoms with Crippen molar-refractivity contribution in [3.63, 3.8) is 0 Å². The lowest BCUT2D eigenvalue weighted by Gasteiger charge is -2.30. The highest BCUT2D eigenvalue weighted by Gasteiger charge is 2.31. The van der Waals surface area contributed by atoms with Gasteiger partial charge in [-0.3, -0.25) is 9.59 Å². The molecule has 0 spiro atoms. The smallest absolute Gasteiger partial charge is 0.254 e. The molecule has 2 aromatic rings. The minimum atomic E-state index is 0.0195. The topological polar surface area (TPSA) is 90.9 Å². The predicted octanol–water partition coefficient (Wildman–Crippen LogP) is 2.81. The van der Waals surface area contributed by atoms with Gasteiger partial charge in [-0.25, -0.2) is 4.98 Å². The molecule has 3 aliphatic rings. The molecule has 0 bridgehead atoms. The third kappa shape index (κ3) is 4.50. The monoisotopic (exact) mass is 450 g/mol. The lowest BCUT2D eigenvalue weighted by Crippen LogP contribution is -2.40. The molecular formula is C24H30N6O3. The zero-order valence-electron chi connectivity index (χ0n) is 19.0. The van der Waals surface area contributed by atoms with Gasteiger partial charge in [0.25, 0.3) is 5.91 Å². The first kappa shape index (κ1) is 21.6. The minimum Gasteiger partial charge on any atom is -0.378 e. The molecule has 9 nitrogen and oxygen atoms in total. The average molecular weight is 451 g/mol. The standard InChI is InChI=1S/C24H30N6O3/c1-28-20-16-25-24(27-22(20)30(11-10-21(28)31)19-4-2-3-5-19)26-18-8-6-17(7-9-18)23(32)29-12-14-33-15-13-29/h6-9,16,19H,2-5,10-15H2,1H3,(H,25,26,27). The van der Waals surface area contributed by atoms with Crippen LogP contribution in [-0.4, -0.2) is 72.6 Å². The van der Waals surface area contributed by atoms with Crippen LogP contribution in [-0.2, 0) is 9.53 Å². The van der Waals surface area contributed by atoms with E-state index in [0.717, 1.165) is 30.0 Å². The van der Waals surface area contributed by atoms with E-state index in [0.29, 0.717) is 56.8 Å². The van der Waals surface area contributed by atoms with Gasteiger partial charge in [-0.2, -0.15) is 4.98 Å². The van der Waals surface area contributed by atoms with Crippen molar-refractivity contribution in [2.24, 2.45) is 0 Å². The molecule has 33 heavy (non-hydrogen) atoms. The average Bonchev–Trinajstić information content (AvgIpc) is 3.35. The number of ether oxygens (including phenoxy) is 1. The summed E-state index contributed by atoms with van der Waals surface area (Å²) in [5.41, 5.74) is 2.21. The van der Waals surface area contributed by atoms with Gasteiger partial charge in [0.15, 0.2) is 5.82 Å². The number of benzene rings is 1. The Morgan fingerprint density at radius 2 is 1.82 bits per heavy atom. The molecule has 174 valence electrons. The fraction of sp³-hybridized carbons (Fsp3) is 0.500. The number of nitrogens with zero attached hydrogens (tertiary/aromatic N) is 5. The van der Waals surface area contributed by atoms with Crippen LogP contribution in [0.25, 0.3) is 0 Å². The molecule has 2 fully saturated rings. The van der Waals surface area contributed by atoms with Gasteiger partial charge in [0.1, 0.15) is 5.69 Å². The van der Waals surface area contributed by atoms with E-state index in [1.54, 1.807) is 18.1 Å². The molecule has 1 aromatic carbocycles. The summed E-state index contributed by atoms with van der Waals surface area (Å²) in [6, 6.07) is 7.79. The Kier molecular flexibility index (Phi) is 6.13. The summed E-state index contributed by atoms with van der Waals surface area (Å²) in [6.45, 7) is 3.08. The second-order valence-corrected chi connectivity index (χ2v) is 8.84. The lowest BCUT2D eigenvalue weighted by molar-refractivity contribution is -0.118. The van der Waals surface area contributed by atoms with Crippen LogP contribution >= 0.6 is 0 Å². The molecule has 0 unspecified atom stereocenters. The van der Waals surface area contributed by atoms with E-state index in [1.807, 2.05) is 29.2 Å². The summed E-state index contributed by atoms with van der Waals surface area (Å²) in [7, 11) is 1.79. The maximum atomic E-state index is 12.7. The number of hydrogen-bond donors (Lipinski definition) is 1. The SMILES string of the molecule is CN1C(=O)CCN(C2CCCC2)c2nc(Nc3ccc(C(=O)N4CCOCC4)cc3)ncc21. The summed E-state index contributed by atoms with van der Waals surface area (Å²) < 4.78 is 5.33. The second kappa shape index (κ2) is 9.35. The number of fused-ring (bicyclic) bond motifs is 1. The largest absolute Gasteiger partial charge is 0.378 e. The van der Waals surface area contributed by atoms with Gasteiger partial charge in [-0.15, -0.1) is 0 Å². The fourth-order valence-electron chi connectivity index (χ4n) is 4.84. The van der Waals surface area contributed by atoms with Gasteiger partial charge >= 0.3 is 0 Å². The first-order chi connectivity index (χ1) is 16.1. The fourth-order valence-corrected chi connectivity index (χ4v) is 4.84. The van der Waals surface area contributed by atoms with Gasteiger partial charge in [0, 0.05) is 50.4 Å². The minimum absolute atomic E-state index is 0.0195. The first-order valence-corrected chi connectivity index (χ1v) is 11.7. The number of carbonyl (C=O) groups is 2. The molecule has 1 aromatic heterocycles. The van der Waals surface area contributed by atoms with Gasteiger partial charge in [-0.1, -0.05) is 12.8 Å². The summed E-state index contributed by atoms with van der Waals surface area (Å²) in [5.74, 6) is 1.39. The third-order valence-corrected chi connectivity index (χ3v) is 6.78. The molecule has 2 aliphatic heterocycles. The number of nitrogens with one attached hydrogen (secondary N) is 1. The van der Waals surface area contributed by atoms with E-state index in [9.17, 15) is 9.59 Å². The Hall–Kier alpha value is -3.20. The van der Waals surface area contributed by atoms with Crippen molar-refractivity contribution in [3.05, 3.63) is 36.0 Å². The first-order valence-electron chi connectivity index (χ1n) is 11.7. The van der Waals surface area contributed by atoms with Crippen LogP contribution in [0.15, 0.2) is 30.5 Å². The van der Waals surface area contributed by atoms with Crippen LogP contribution in [0.1, 0.15) is 42.5 Å². The Labute approximate surface area is 193 Å². The molecule has 1 aliphatic carbocycles. The Bertz CT molecular complexity index is 1020. The Morgan fingerprint density at radius 1 is 1.09 bits per heavy atom. The van der Waals surface area contributed by atoms with Gasteiger partial charge < -0.3 is 24.8 Å². The molecule has 1 saturated carbocycles. The van der Waals surface area contributed by atoms with Crippen LogP contribution in [0.4, 0.5) is 23.1 Å². The quantitative estimate of drug-likeness (QED) is 0.766. The number of hydrogen-bond acceptors (Lipinski definition) is 7. The number of carbonyl (C=O) groups excluding carboxylic acids is 2. The Morgan fingerprint density at radius 3 is 2.55 bits per heavy atom. The van der Waals surface area contributed by atoms with Crippen molar-refractivity contribution in [1.82, 2.24) is 14.9 Å². The predicted molar refractivity (Wildman–Crippen MR) is 126 cm³/mol. The van der Waals surface area contributed by atoms with Crippen molar-refractivity contribution in [3.8, 4) is 0 Å². The molecule has 1 N–H and O–H groups in total. The van der Waals surface area contributed by atoms with Crippen LogP contribution in [0, 0.1) is 0 Å². The normalized spacial score (nSPS) is 19.4. The highest BCUT2D eigenvalue weighted by molar-refractivity contribution is 5.97.